The summed E-state index contributed by atoms with van der Waals surface area (Å²) < 4.78 is 33.4. The summed E-state index contributed by atoms with van der Waals surface area (Å²) in [5, 5.41) is 3.74. The molecule has 35 heavy (non-hydrogen) atoms. The van der Waals surface area contributed by atoms with Crippen LogP contribution in [0.15, 0.2) is 41.9 Å². The van der Waals surface area contributed by atoms with Crippen LogP contribution in [-0.4, -0.2) is 66.2 Å². The fraction of sp³-hybridized carbons (Fsp3) is 0.520. The molecule has 2 fully saturated rings. The topological polar surface area (TPSA) is 60.9 Å². The molecule has 0 spiro atoms. The van der Waals surface area contributed by atoms with Gasteiger partial charge in [-0.25, -0.2) is 18.6 Å². The maximum atomic E-state index is 14.4. The Morgan fingerprint density at radius 1 is 1.37 bits per heavy atom. The summed E-state index contributed by atoms with van der Waals surface area (Å²) in [6.07, 6.45) is 3.24. The molecule has 1 aromatic heterocycles. The van der Waals surface area contributed by atoms with Crippen LogP contribution < -0.4 is 10.2 Å². The van der Waals surface area contributed by atoms with E-state index in [-0.39, 0.29) is 5.70 Å². The lowest BCUT2D eigenvalue weighted by Gasteiger charge is -2.29. The van der Waals surface area contributed by atoms with Crippen LogP contribution in [0.2, 0.25) is 5.02 Å². The van der Waals surface area contributed by atoms with Gasteiger partial charge in [-0.05, 0) is 40.2 Å². The van der Waals surface area contributed by atoms with Gasteiger partial charge in [-0.3, -0.25) is 4.90 Å². The number of hydrogen-bond donors (Lipinski definition) is 1. The van der Waals surface area contributed by atoms with E-state index in [2.05, 4.69) is 33.7 Å². The van der Waals surface area contributed by atoms with Crippen molar-refractivity contribution in [1.29, 1.82) is 0 Å². The summed E-state index contributed by atoms with van der Waals surface area (Å²) in [7, 11) is 3.57. The zero-order valence-corrected chi connectivity index (χ0v) is 21.5. The second-order valence-corrected chi connectivity index (χ2v) is 10.8. The van der Waals surface area contributed by atoms with Crippen molar-refractivity contribution in [2.45, 2.75) is 45.3 Å². The number of halogens is 3. The van der Waals surface area contributed by atoms with Gasteiger partial charge in [0.2, 0.25) is 0 Å². The van der Waals surface area contributed by atoms with Crippen LogP contribution in [0.4, 0.5) is 25.1 Å². The van der Waals surface area contributed by atoms with E-state index in [1.54, 1.807) is 27.0 Å². The average Bonchev–Trinajstić information content (AvgIpc) is 3.44. The van der Waals surface area contributed by atoms with Crippen molar-refractivity contribution in [3.05, 3.63) is 52.5 Å². The number of carbonyl (C=O) groups excluding carboxylic acids is 1. The third kappa shape index (κ3) is 5.16. The van der Waals surface area contributed by atoms with E-state index in [1.807, 2.05) is 0 Å². The van der Waals surface area contributed by atoms with E-state index >= 15 is 0 Å². The highest BCUT2D eigenvalue weighted by Gasteiger charge is 2.42. The van der Waals surface area contributed by atoms with Gasteiger partial charge in [0.1, 0.15) is 11.4 Å². The number of anilines is 2. The lowest BCUT2D eigenvalue weighted by atomic mass is 10.0. The highest BCUT2D eigenvalue weighted by molar-refractivity contribution is 6.33. The molecule has 10 heteroatoms. The number of carbonyl (C=O) groups is 1. The molecular weight excluding hydrogens is 476 g/mol. The molecular formula is C25H32ClF2N5O2. The molecule has 2 saturated heterocycles. The van der Waals surface area contributed by atoms with Gasteiger partial charge in [0.15, 0.2) is 11.7 Å². The molecule has 0 unspecified atom stereocenters. The van der Waals surface area contributed by atoms with E-state index in [4.69, 9.17) is 16.3 Å². The van der Waals surface area contributed by atoms with Gasteiger partial charge < -0.3 is 19.9 Å². The molecule has 1 amide bonds. The predicted octanol–water partition coefficient (Wildman–Crippen LogP) is 5.26. The molecule has 4 rings (SSSR count). The first kappa shape index (κ1) is 25.4. The Bertz CT molecular complexity index is 1110. The molecule has 4 heterocycles. The second kappa shape index (κ2) is 9.43. The van der Waals surface area contributed by atoms with Crippen molar-refractivity contribution >= 4 is 29.2 Å². The number of nitrogens with one attached hydrogen (secondary N) is 1. The van der Waals surface area contributed by atoms with Crippen molar-refractivity contribution in [3.8, 4) is 0 Å². The normalized spacial score (nSPS) is 23.7. The molecule has 0 saturated carbocycles. The van der Waals surface area contributed by atoms with Gasteiger partial charge in [-0.2, -0.15) is 0 Å². The van der Waals surface area contributed by atoms with Gasteiger partial charge in [-0.1, -0.05) is 18.2 Å². The number of amides is 1. The number of allylic oxidation sites excluding steroid dienone is 4. The standard InChI is InChI=1S/C25H32ClF2N5O2/c1-14(27)18(28)10-20(32(6)24(34)35-25(2,3)4)19-9-16-22(17(26)11-29-23(16)30-19)33-8-7-15-12-31(5)13-21(15)33/h10-11,15,21H,1,7-9,12-13H2,2-6H3,(H,29,30)/b18-10+,20-19-/t15-,21+/m1/s1. The summed E-state index contributed by atoms with van der Waals surface area (Å²) in [6, 6.07) is 0.355. The number of fused-ring (bicyclic) bond motifs is 2. The van der Waals surface area contributed by atoms with Crippen LogP contribution in [-0.2, 0) is 11.2 Å². The number of pyridine rings is 1. The number of aromatic nitrogens is 1. The van der Waals surface area contributed by atoms with Crippen LogP contribution in [0.5, 0.6) is 0 Å². The first-order chi connectivity index (χ1) is 16.4. The summed E-state index contributed by atoms with van der Waals surface area (Å²) in [5.74, 6) is -1.25. The molecule has 3 aliphatic rings. The monoisotopic (exact) mass is 507 g/mol. The van der Waals surface area contributed by atoms with Gasteiger partial charge in [0.05, 0.1) is 22.6 Å². The van der Waals surface area contributed by atoms with Crippen LogP contribution in [0.25, 0.3) is 0 Å². The average molecular weight is 508 g/mol. The van der Waals surface area contributed by atoms with Crippen molar-refractivity contribution in [2.75, 3.05) is 43.9 Å². The van der Waals surface area contributed by atoms with Gasteiger partial charge in [0.25, 0.3) is 0 Å². The SMILES string of the molecule is C=C(F)/C(F)=C\C(=C1/Cc2c(ncc(Cl)c2N2CC[C@@H]3CN(C)C[C@@H]32)N1)N(C)C(=O)OC(C)(C)C. The first-order valence-electron chi connectivity index (χ1n) is 11.7. The lowest BCUT2D eigenvalue weighted by molar-refractivity contribution is 0.0357. The fourth-order valence-corrected chi connectivity index (χ4v) is 5.36. The van der Waals surface area contributed by atoms with Crippen LogP contribution in [0.1, 0.15) is 32.8 Å². The number of likely N-dealkylation sites (N-methyl/N-ethyl adjacent to an activating group) is 2. The van der Waals surface area contributed by atoms with Gasteiger partial charge in [0, 0.05) is 56.5 Å². The second-order valence-electron chi connectivity index (χ2n) is 10.4. The summed E-state index contributed by atoms with van der Waals surface area (Å²) in [5.41, 5.74) is 1.61. The number of ether oxygens (including phenoxy) is 1. The zero-order chi connectivity index (χ0) is 25.7. The Morgan fingerprint density at radius 2 is 2.09 bits per heavy atom. The number of likely N-dealkylation sites (tertiary alicyclic amines) is 1. The van der Waals surface area contributed by atoms with Crippen molar-refractivity contribution in [2.24, 2.45) is 5.92 Å². The van der Waals surface area contributed by atoms with E-state index in [1.165, 1.54) is 7.05 Å². The summed E-state index contributed by atoms with van der Waals surface area (Å²) in [4.78, 5) is 23.1. The molecule has 3 aliphatic heterocycles. The smallest absolute Gasteiger partial charge is 0.414 e. The quantitative estimate of drug-likeness (QED) is 0.561. The molecule has 0 aromatic carbocycles. The molecule has 190 valence electrons. The fourth-order valence-electron chi connectivity index (χ4n) is 5.08. The molecule has 0 radical (unpaired) electrons. The van der Waals surface area contributed by atoms with Gasteiger partial charge >= 0.3 is 6.09 Å². The number of rotatable bonds is 4. The van der Waals surface area contributed by atoms with Crippen molar-refractivity contribution in [1.82, 2.24) is 14.8 Å². The highest BCUT2D eigenvalue weighted by atomic mass is 35.5. The Hall–Kier alpha value is -2.65. The van der Waals surface area contributed by atoms with Crippen LogP contribution >= 0.6 is 11.6 Å². The highest BCUT2D eigenvalue weighted by Crippen LogP contribution is 2.44. The predicted molar refractivity (Wildman–Crippen MR) is 134 cm³/mol. The first-order valence-corrected chi connectivity index (χ1v) is 12.0. The number of hydrogen-bond acceptors (Lipinski definition) is 6. The van der Waals surface area contributed by atoms with Crippen LogP contribution in [0.3, 0.4) is 0 Å². The molecule has 1 N–H and O–H groups in total. The number of nitrogens with zero attached hydrogens (tertiary/aromatic N) is 4. The third-order valence-electron chi connectivity index (χ3n) is 6.61. The molecule has 0 aliphatic carbocycles. The third-order valence-corrected chi connectivity index (χ3v) is 6.88. The summed E-state index contributed by atoms with van der Waals surface area (Å²) >= 11 is 6.67. The van der Waals surface area contributed by atoms with Gasteiger partial charge in [-0.15, -0.1) is 0 Å². The van der Waals surface area contributed by atoms with Crippen LogP contribution in [0, 0.1) is 5.92 Å². The van der Waals surface area contributed by atoms with Crippen molar-refractivity contribution < 1.29 is 18.3 Å². The maximum Gasteiger partial charge on any atom is 0.414 e. The summed E-state index contributed by atoms with van der Waals surface area (Å²) in [6.45, 7) is 11.1. The maximum absolute atomic E-state index is 14.4. The van der Waals surface area contributed by atoms with E-state index < -0.39 is 23.3 Å². The Kier molecular flexibility index (Phi) is 6.85. The minimum absolute atomic E-state index is 0.121. The van der Waals surface area contributed by atoms with Crippen molar-refractivity contribution in [3.63, 3.8) is 0 Å². The Labute approximate surface area is 210 Å². The Morgan fingerprint density at radius 3 is 2.74 bits per heavy atom. The van der Waals surface area contributed by atoms with E-state index in [0.29, 0.717) is 34.9 Å². The van der Waals surface area contributed by atoms with E-state index in [0.717, 1.165) is 48.3 Å². The molecule has 1 aromatic rings. The lowest BCUT2D eigenvalue weighted by Crippen LogP contribution is -2.35. The molecule has 0 bridgehead atoms. The minimum Gasteiger partial charge on any atom is -0.443 e. The van der Waals surface area contributed by atoms with E-state index in [9.17, 15) is 13.6 Å². The largest absolute Gasteiger partial charge is 0.443 e. The Balaban J connectivity index is 1.74. The minimum atomic E-state index is -1.23. The zero-order valence-electron chi connectivity index (χ0n) is 20.8. The molecule has 2 atom stereocenters. The molecule has 7 nitrogen and oxygen atoms in total.